The molecule has 1 heterocycles. The molecule has 3 N–H and O–H groups in total. The van der Waals surface area contributed by atoms with Gasteiger partial charge >= 0.3 is 0 Å². The predicted octanol–water partition coefficient (Wildman–Crippen LogP) is 0.180. The molecule has 0 aromatic rings. The Morgan fingerprint density at radius 1 is 1.50 bits per heavy atom. The van der Waals surface area contributed by atoms with E-state index in [2.05, 4.69) is 25.7 Å². The van der Waals surface area contributed by atoms with Gasteiger partial charge in [0.1, 0.15) is 0 Å². The molecule has 0 aliphatic carbocycles. The summed E-state index contributed by atoms with van der Waals surface area (Å²) < 4.78 is 0. The lowest BCUT2D eigenvalue weighted by Crippen LogP contribution is -2.49. The first kappa shape index (κ1) is 9.96. The molecule has 0 spiro atoms. The smallest absolute Gasteiger partial charge is 0.0624 e. The Bertz CT molecular complexity index is 164. The minimum atomic E-state index is -0.354. The number of likely N-dealkylation sites (tertiary alicyclic amines) is 1. The fraction of sp³-hybridized carbons (Fsp3) is 1.00. The molecule has 72 valence electrons. The van der Waals surface area contributed by atoms with Crippen LogP contribution < -0.4 is 5.73 Å². The van der Waals surface area contributed by atoms with Crippen LogP contribution in [-0.2, 0) is 0 Å². The van der Waals surface area contributed by atoms with E-state index in [1.54, 1.807) is 0 Å². The monoisotopic (exact) mass is 172 g/mol. The molecule has 0 radical (unpaired) electrons. The van der Waals surface area contributed by atoms with E-state index in [4.69, 9.17) is 10.8 Å². The van der Waals surface area contributed by atoms with Crippen LogP contribution in [0.4, 0.5) is 0 Å². The predicted molar refractivity (Wildman–Crippen MR) is 49.9 cm³/mol. The molecule has 3 heteroatoms. The number of hydrogen-bond donors (Lipinski definition) is 2. The van der Waals surface area contributed by atoms with Crippen LogP contribution in [0.2, 0.25) is 0 Å². The summed E-state index contributed by atoms with van der Waals surface area (Å²) in [5.74, 6) is 0. The molecule has 12 heavy (non-hydrogen) atoms. The van der Waals surface area contributed by atoms with E-state index in [1.165, 1.54) is 0 Å². The zero-order chi connectivity index (χ0) is 9.41. The fourth-order valence-corrected chi connectivity index (χ4v) is 1.60. The first-order valence-corrected chi connectivity index (χ1v) is 4.52. The Hall–Kier alpha value is -0.120. The standard InChI is InChI=1S/C9H20N2O/c1-8(2,3)11-5-4-9(10,6-11)7-12/h12H,4-7,10H2,1-3H3. The van der Waals surface area contributed by atoms with Crippen molar-refractivity contribution in [1.82, 2.24) is 4.90 Å². The van der Waals surface area contributed by atoms with Crippen LogP contribution >= 0.6 is 0 Å². The third-order valence-electron chi connectivity index (χ3n) is 2.65. The summed E-state index contributed by atoms with van der Waals surface area (Å²) in [7, 11) is 0. The highest BCUT2D eigenvalue weighted by atomic mass is 16.3. The van der Waals surface area contributed by atoms with Crippen molar-refractivity contribution >= 4 is 0 Å². The first-order valence-electron chi connectivity index (χ1n) is 4.52. The van der Waals surface area contributed by atoms with Crippen LogP contribution in [0.25, 0.3) is 0 Å². The molecule has 1 aliphatic heterocycles. The summed E-state index contributed by atoms with van der Waals surface area (Å²) in [5.41, 5.74) is 5.78. The molecular formula is C9H20N2O. The topological polar surface area (TPSA) is 49.5 Å². The molecule has 1 aliphatic rings. The number of nitrogens with zero attached hydrogens (tertiary/aromatic N) is 1. The summed E-state index contributed by atoms with van der Waals surface area (Å²) in [6, 6.07) is 0. The Morgan fingerprint density at radius 3 is 2.33 bits per heavy atom. The van der Waals surface area contributed by atoms with E-state index in [0.29, 0.717) is 0 Å². The molecule has 0 aromatic heterocycles. The normalized spacial score (nSPS) is 32.8. The third kappa shape index (κ3) is 1.97. The lowest BCUT2D eigenvalue weighted by atomic mass is 10.0. The average molecular weight is 172 g/mol. The number of aliphatic hydroxyl groups excluding tert-OH is 1. The highest BCUT2D eigenvalue weighted by Crippen LogP contribution is 2.25. The van der Waals surface area contributed by atoms with Gasteiger partial charge < -0.3 is 10.8 Å². The summed E-state index contributed by atoms with van der Waals surface area (Å²) in [5, 5.41) is 9.06. The van der Waals surface area contributed by atoms with Gasteiger partial charge in [-0.25, -0.2) is 0 Å². The molecule has 1 atom stereocenters. The molecule has 0 amide bonds. The quantitative estimate of drug-likeness (QED) is 0.593. The maximum absolute atomic E-state index is 9.06. The van der Waals surface area contributed by atoms with Crippen LogP contribution in [0.5, 0.6) is 0 Å². The lowest BCUT2D eigenvalue weighted by molar-refractivity contribution is 0.142. The van der Waals surface area contributed by atoms with Gasteiger partial charge in [0.05, 0.1) is 12.1 Å². The Labute approximate surface area is 74.5 Å². The van der Waals surface area contributed by atoms with Crippen molar-refractivity contribution in [3.63, 3.8) is 0 Å². The van der Waals surface area contributed by atoms with Gasteiger partial charge in [0.25, 0.3) is 0 Å². The van der Waals surface area contributed by atoms with Crippen molar-refractivity contribution in [1.29, 1.82) is 0 Å². The van der Waals surface area contributed by atoms with Crippen molar-refractivity contribution in [3.8, 4) is 0 Å². The maximum Gasteiger partial charge on any atom is 0.0624 e. The van der Waals surface area contributed by atoms with Gasteiger partial charge in [-0.05, 0) is 27.2 Å². The van der Waals surface area contributed by atoms with Gasteiger partial charge in [-0.1, -0.05) is 0 Å². The van der Waals surface area contributed by atoms with Crippen LogP contribution in [0.3, 0.4) is 0 Å². The van der Waals surface area contributed by atoms with E-state index in [1.807, 2.05) is 0 Å². The van der Waals surface area contributed by atoms with Crippen LogP contribution in [0, 0.1) is 0 Å². The lowest BCUT2D eigenvalue weighted by Gasteiger charge is -2.33. The highest BCUT2D eigenvalue weighted by Gasteiger charge is 2.38. The van der Waals surface area contributed by atoms with Gasteiger partial charge in [0, 0.05) is 18.6 Å². The van der Waals surface area contributed by atoms with Crippen molar-refractivity contribution in [2.45, 2.75) is 38.3 Å². The van der Waals surface area contributed by atoms with Crippen molar-refractivity contribution < 1.29 is 5.11 Å². The molecule has 1 rings (SSSR count). The van der Waals surface area contributed by atoms with E-state index in [9.17, 15) is 0 Å². The third-order valence-corrected chi connectivity index (χ3v) is 2.65. The minimum absolute atomic E-state index is 0.0968. The van der Waals surface area contributed by atoms with Crippen LogP contribution in [0.15, 0.2) is 0 Å². The van der Waals surface area contributed by atoms with Gasteiger partial charge in [0.2, 0.25) is 0 Å². The van der Waals surface area contributed by atoms with Gasteiger partial charge in [-0.15, -0.1) is 0 Å². The minimum Gasteiger partial charge on any atom is -0.394 e. The van der Waals surface area contributed by atoms with Crippen molar-refractivity contribution in [3.05, 3.63) is 0 Å². The van der Waals surface area contributed by atoms with Crippen LogP contribution in [-0.4, -0.2) is 40.8 Å². The van der Waals surface area contributed by atoms with Crippen molar-refractivity contribution in [2.24, 2.45) is 5.73 Å². The van der Waals surface area contributed by atoms with E-state index in [0.717, 1.165) is 19.5 Å². The number of aliphatic hydroxyl groups is 1. The van der Waals surface area contributed by atoms with Crippen LogP contribution in [0.1, 0.15) is 27.2 Å². The van der Waals surface area contributed by atoms with Crippen molar-refractivity contribution in [2.75, 3.05) is 19.7 Å². The summed E-state index contributed by atoms with van der Waals surface area (Å²) >= 11 is 0. The maximum atomic E-state index is 9.06. The Balaban J connectivity index is 2.57. The van der Waals surface area contributed by atoms with E-state index < -0.39 is 0 Å². The first-order chi connectivity index (χ1) is 5.37. The van der Waals surface area contributed by atoms with E-state index in [-0.39, 0.29) is 17.7 Å². The van der Waals surface area contributed by atoms with Gasteiger partial charge in [0.15, 0.2) is 0 Å². The second-order valence-electron chi connectivity index (χ2n) is 4.86. The Morgan fingerprint density at radius 2 is 2.08 bits per heavy atom. The molecule has 0 saturated carbocycles. The Kier molecular flexibility index (Phi) is 2.47. The number of rotatable bonds is 1. The zero-order valence-electron chi connectivity index (χ0n) is 8.30. The zero-order valence-corrected chi connectivity index (χ0v) is 8.30. The van der Waals surface area contributed by atoms with E-state index >= 15 is 0 Å². The summed E-state index contributed by atoms with van der Waals surface area (Å²) in [6.07, 6.45) is 0.904. The SMILES string of the molecule is CC(C)(C)N1CCC(N)(CO)C1. The second-order valence-corrected chi connectivity index (χ2v) is 4.86. The fourth-order valence-electron chi connectivity index (χ4n) is 1.60. The molecule has 3 nitrogen and oxygen atoms in total. The molecule has 0 aromatic carbocycles. The van der Waals surface area contributed by atoms with Gasteiger partial charge in [-0.2, -0.15) is 0 Å². The molecule has 0 bridgehead atoms. The molecular weight excluding hydrogens is 152 g/mol. The second kappa shape index (κ2) is 2.98. The number of nitrogens with two attached hydrogens (primary N) is 1. The molecule has 1 fully saturated rings. The largest absolute Gasteiger partial charge is 0.394 e. The summed E-state index contributed by atoms with van der Waals surface area (Å²) in [6.45, 7) is 8.44. The molecule has 1 saturated heterocycles. The molecule has 1 unspecified atom stereocenters. The summed E-state index contributed by atoms with van der Waals surface area (Å²) in [4.78, 5) is 2.32. The number of hydrogen-bond acceptors (Lipinski definition) is 3. The van der Waals surface area contributed by atoms with Gasteiger partial charge in [-0.3, -0.25) is 4.90 Å². The highest BCUT2D eigenvalue weighted by molar-refractivity contribution is 4.97. The average Bonchev–Trinajstić information content (AvgIpc) is 2.32.